The number of hydrogen-bond donors (Lipinski definition) is 3. The molecule has 0 bridgehead atoms. The van der Waals surface area contributed by atoms with Gasteiger partial charge in [0.25, 0.3) is 0 Å². The topological polar surface area (TPSA) is 60.3 Å². The standard InChI is InChI=1S/C15H14Cl2N4/c16-13-7-6-12(14(17)8-13)10-20-21-15(18)19-9-11-4-2-1-3-5-11/h1-8,10H,9H2,(H3,18,19,21)/b20-10+. The van der Waals surface area contributed by atoms with Crippen molar-refractivity contribution in [1.82, 2.24) is 10.7 Å². The Balaban J connectivity index is 1.82. The molecule has 0 aliphatic heterocycles. The Morgan fingerprint density at radius 1 is 1.14 bits per heavy atom. The van der Waals surface area contributed by atoms with E-state index in [-0.39, 0.29) is 5.96 Å². The molecule has 2 aromatic carbocycles. The predicted octanol–water partition coefficient (Wildman–Crippen LogP) is 3.64. The van der Waals surface area contributed by atoms with Gasteiger partial charge >= 0.3 is 0 Å². The lowest BCUT2D eigenvalue weighted by atomic mass is 10.2. The molecule has 0 atom stereocenters. The summed E-state index contributed by atoms with van der Waals surface area (Å²) < 4.78 is 0. The summed E-state index contributed by atoms with van der Waals surface area (Å²) in [6.45, 7) is 0.559. The molecule has 0 spiro atoms. The fourth-order valence-electron chi connectivity index (χ4n) is 1.60. The van der Waals surface area contributed by atoms with Crippen LogP contribution in [0.4, 0.5) is 0 Å². The van der Waals surface area contributed by atoms with Crippen LogP contribution in [-0.2, 0) is 6.54 Å². The van der Waals surface area contributed by atoms with Crippen LogP contribution in [-0.4, -0.2) is 12.2 Å². The molecule has 0 saturated heterocycles. The minimum atomic E-state index is 0.111. The first-order valence-corrected chi connectivity index (χ1v) is 7.01. The molecule has 0 amide bonds. The van der Waals surface area contributed by atoms with Gasteiger partial charge in [0.2, 0.25) is 5.96 Å². The van der Waals surface area contributed by atoms with E-state index in [9.17, 15) is 0 Å². The van der Waals surface area contributed by atoms with Gasteiger partial charge in [-0.05, 0) is 17.7 Å². The highest BCUT2D eigenvalue weighted by molar-refractivity contribution is 6.36. The first-order chi connectivity index (χ1) is 10.1. The van der Waals surface area contributed by atoms with Gasteiger partial charge < -0.3 is 5.32 Å². The van der Waals surface area contributed by atoms with E-state index in [1.807, 2.05) is 30.3 Å². The Kier molecular flexibility index (Phi) is 5.60. The number of nitrogens with one attached hydrogen (secondary N) is 3. The van der Waals surface area contributed by atoms with Gasteiger partial charge in [-0.25, -0.2) is 5.43 Å². The number of rotatable bonds is 4. The van der Waals surface area contributed by atoms with E-state index in [2.05, 4.69) is 15.8 Å². The summed E-state index contributed by atoms with van der Waals surface area (Å²) >= 11 is 11.8. The Bertz CT molecular complexity index is 641. The molecule has 0 radical (unpaired) electrons. The Labute approximate surface area is 133 Å². The van der Waals surface area contributed by atoms with Crippen LogP contribution in [0.25, 0.3) is 0 Å². The van der Waals surface area contributed by atoms with Crippen molar-refractivity contribution in [1.29, 1.82) is 5.41 Å². The fraction of sp³-hybridized carbons (Fsp3) is 0.0667. The van der Waals surface area contributed by atoms with Crippen LogP contribution in [0.3, 0.4) is 0 Å². The van der Waals surface area contributed by atoms with Gasteiger partial charge in [-0.3, -0.25) is 5.41 Å². The van der Waals surface area contributed by atoms with E-state index < -0.39 is 0 Å². The van der Waals surface area contributed by atoms with Crippen molar-refractivity contribution in [3.8, 4) is 0 Å². The average Bonchev–Trinajstić information content (AvgIpc) is 2.48. The molecule has 108 valence electrons. The molecule has 4 nitrogen and oxygen atoms in total. The summed E-state index contributed by atoms with van der Waals surface area (Å²) in [5.41, 5.74) is 4.41. The normalized spacial score (nSPS) is 10.6. The third-order valence-electron chi connectivity index (χ3n) is 2.65. The van der Waals surface area contributed by atoms with E-state index in [0.29, 0.717) is 16.6 Å². The van der Waals surface area contributed by atoms with E-state index in [4.69, 9.17) is 28.6 Å². The van der Waals surface area contributed by atoms with Crippen molar-refractivity contribution < 1.29 is 0 Å². The number of nitrogens with zero attached hydrogens (tertiary/aromatic N) is 1. The molecular formula is C15H14Cl2N4. The van der Waals surface area contributed by atoms with Crippen LogP contribution < -0.4 is 10.7 Å². The van der Waals surface area contributed by atoms with Crippen molar-refractivity contribution in [3.05, 3.63) is 69.7 Å². The van der Waals surface area contributed by atoms with Gasteiger partial charge in [-0.1, -0.05) is 59.6 Å². The van der Waals surface area contributed by atoms with Crippen LogP contribution >= 0.6 is 23.2 Å². The smallest absolute Gasteiger partial charge is 0.209 e. The molecule has 0 aromatic heterocycles. The highest BCUT2D eigenvalue weighted by Crippen LogP contribution is 2.19. The number of guanidine groups is 1. The molecule has 2 rings (SSSR count). The molecule has 21 heavy (non-hydrogen) atoms. The van der Waals surface area contributed by atoms with E-state index in [1.165, 1.54) is 6.21 Å². The highest BCUT2D eigenvalue weighted by Gasteiger charge is 1.98. The molecule has 3 N–H and O–H groups in total. The molecular weight excluding hydrogens is 307 g/mol. The largest absolute Gasteiger partial charge is 0.351 e. The van der Waals surface area contributed by atoms with Crippen molar-refractivity contribution >= 4 is 35.4 Å². The maximum absolute atomic E-state index is 7.70. The maximum atomic E-state index is 7.70. The summed E-state index contributed by atoms with van der Waals surface area (Å²) in [7, 11) is 0. The third-order valence-corrected chi connectivity index (χ3v) is 3.22. The molecule has 2 aromatic rings. The number of hydrogen-bond acceptors (Lipinski definition) is 2. The van der Waals surface area contributed by atoms with Gasteiger partial charge in [-0.15, -0.1) is 0 Å². The Morgan fingerprint density at radius 3 is 2.62 bits per heavy atom. The lowest BCUT2D eigenvalue weighted by Gasteiger charge is -2.06. The lowest BCUT2D eigenvalue weighted by molar-refractivity contribution is 0.837. The summed E-state index contributed by atoms with van der Waals surface area (Å²) in [5, 5.41) is 15.7. The minimum Gasteiger partial charge on any atom is -0.351 e. The van der Waals surface area contributed by atoms with Crippen LogP contribution in [0.2, 0.25) is 10.0 Å². The molecule has 0 aliphatic carbocycles. The highest BCUT2D eigenvalue weighted by atomic mass is 35.5. The van der Waals surface area contributed by atoms with Crippen LogP contribution in [0, 0.1) is 5.41 Å². The van der Waals surface area contributed by atoms with Gasteiger partial charge in [-0.2, -0.15) is 5.10 Å². The van der Waals surface area contributed by atoms with Gasteiger partial charge in [0.05, 0.1) is 11.2 Å². The summed E-state index contributed by atoms with van der Waals surface area (Å²) in [6, 6.07) is 15.0. The molecule has 0 fully saturated rings. The average molecular weight is 321 g/mol. The quantitative estimate of drug-likeness (QED) is 0.457. The zero-order valence-corrected chi connectivity index (χ0v) is 12.6. The fourth-order valence-corrected chi connectivity index (χ4v) is 2.06. The lowest BCUT2D eigenvalue weighted by Crippen LogP contribution is -2.32. The van der Waals surface area contributed by atoms with Crippen molar-refractivity contribution in [3.63, 3.8) is 0 Å². The second-order valence-electron chi connectivity index (χ2n) is 4.25. The molecule has 6 heteroatoms. The monoisotopic (exact) mass is 320 g/mol. The second kappa shape index (κ2) is 7.67. The second-order valence-corrected chi connectivity index (χ2v) is 5.09. The Morgan fingerprint density at radius 2 is 1.90 bits per heavy atom. The molecule has 0 aliphatic rings. The zero-order chi connectivity index (χ0) is 15.1. The summed E-state index contributed by atoms with van der Waals surface area (Å²) in [5.74, 6) is 0.111. The maximum Gasteiger partial charge on any atom is 0.209 e. The number of benzene rings is 2. The number of halogens is 2. The van der Waals surface area contributed by atoms with Gasteiger partial charge in [0.15, 0.2) is 0 Å². The van der Waals surface area contributed by atoms with Gasteiger partial charge in [0, 0.05) is 17.1 Å². The molecule has 0 saturated carbocycles. The van der Waals surface area contributed by atoms with Crippen LogP contribution in [0.5, 0.6) is 0 Å². The SMILES string of the molecule is N=C(NCc1ccccc1)N/N=C/c1ccc(Cl)cc1Cl. The van der Waals surface area contributed by atoms with E-state index >= 15 is 0 Å². The first kappa shape index (κ1) is 15.4. The van der Waals surface area contributed by atoms with Crippen LogP contribution in [0.1, 0.15) is 11.1 Å². The Hall–Kier alpha value is -2.04. The minimum absolute atomic E-state index is 0.111. The number of hydrazone groups is 1. The zero-order valence-electron chi connectivity index (χ0n) is 11.1. The molecule has 0 unspecified atom stereocenters. The van der Waals surface area contributed by atoms with Crippen molar-refractivity contribution in [2.24, 2.45) is 5.10 Å². The first-order valence-electron chi connectivity index (χ1n) is 6.25. The van der Waals surface area contributed by atoms with E-state index in [1.54, 1.807) is 18.2 Å². The third kappa shape index (κ3) is 5.10. The van der Waals surface area contributed by atoms with Crippen molar-refractivity contribution in [2.45, 2.75) is 6.54 Å². The van der Waals surface area contributed by atoms with Crippen LogP contribution in [0.15, 0.2) is 53.6 Å². The van der Waals surface area contributed by atoms with Gasteiger partial charge in [0.1, 0.15) is 0 Å². The summed E-state index contributed by atoms with van der Waals surface area (Å²) in [4.78, 5) is 0. The van der Waals surface area contributed by atoms with Crippen molar-refractivity contribution in [2.75, 3.05) is 0 Å². The molecule has 0 heterocycles. The summed E-state index contributed by atoms with van der Waals surface area (Å²) in [6.07, 6.45) is 1.54. The van der Waals surface area contributed by atoms with E-state index in [0.717, 1.165) is 11.1 Å². The predicted molar refractivity (Wildman–Crippen MR) is 88.2 cm³/mol.